The maximum Gasteiger partial charge on any atom is 0.273 e. The number of aromatic hydroxyl groups is 1. The van der Waals surface area contributed by atoms with Gasteiger partial charge in [0.25, 0.3) is 11.6 Å². The van der Waals surface area contributed by atoms with E-state index in [9.17, 15) is 24.8 Å². The molecule has 3 rings (SSSR count). The lowest BCUT2D eigenvalue weighted by Crippen LogP contribution is -2.36. The number of amides is 2. The molecule has 2 aromatic carbocycles. The number of carbonyl (C=O) groups excluding carboxylic acids is 2. The summed E-state index contributed by atoms with van der Waals surface area (Å²) >= 11 is 6.30. The van der Waals surface area contributed by atoms with Crippen molar-refractivity contribution < 1.29 is 24.4 Å². The Morgan fingerprint density at radius 2 is 2.03 bits per heavy atom. The Bertz CT molecular complexity index is 1080. The van der Waals surface area contributed by atoms with Gasteiger partial charge in [-0.2, -0.15) is 0 Å². The number of ether oxygens (including phenoxy) is 1. The fraction of sp³-hybridized carbons (Fsp3) is 0.150. The van der Waals surface area contributed by atoms with Gasteiger partial charge in [-0.1, -0.05) is 36.1 Å². The van der Waals surface area contributed by atoms with Crippen molar-refractivity contribution in [1.82, 2.24) is 4.90 Å². The summed E-state index contributed by atoms with van der Waals surface area (Å²) in [5, 5.41) is 23.0. The Labute approximate surface area is 186 Å². The maximum atomic E-state index is 12.7. The minimum atomic E-state index is -0.665. The van der Waals surface area contributed by atoms with Crippen LogP contribution in [-0.2, 0) is 9.59 Å². The number of nitro groups is 1. The summed E-state index contributed by atoms with van der Waals surface area (Å²) in [5.41, 5.74) is 0.460. The van der Waals surface area contributed by atoms with Crippen LogP contribution in [0, 0.1) is 10.1 Å². The van der Waals surface area contributed by atoms with E-state index in [0.29, 0.717) is 11.5 Å². The molecule has 0 spiro atoms. The summed E-state index contributed by atoms with van der Waals surface area (Å²) < 4.78 is 5.61. The molecule has 0 unspecified atom stereocenters. The van der Waals surface area contributed by atoms with Gasteiger partial charge >= 0.3 is 0 Å². The van der Waals surface area contributed by atoms with Crippen LogP contribution in [0.5, 0.6) is 11.5 Å². The molecule has 1 aliphatic rings. The number of thiocarbonyl (C=S) groups is 1. The summed E-state index contributed by atoms with van der Waals surface area (Å²) in [7, 11) is 0. The molecule has 1 aliphatic heterocycles. The molecular weight excluding hydrogens is 442 g/mol. The van der Waals surface area contributed by atoms with E-state index in [-0.39, 0.29) is 22.2 Å². The van der Waals surface area contributed by atoms with Crippen LogP contribution < -0.4 is 10.1 Å². The number of nitrogens with zero attached hydrogens (tertiary/aromatic N) is 2. The van der Waals surface area contributed by atoms with Gasteiger partial charge in [-0.15, -0.1) is 0 Å². The second kappa shape index (κ2) is 9.58. The quantitative estimate of drug-likeness (QED) is 0.212. The van der Waals surface area contributed by atoms with E-state index in [1.165, 1.54) is 6.07 Å². The van der Waals surface area contributed by atoms with Gasteiger partial charge in [-0.05, 0) is 36.8 Å². The number of hydrogen-bond acceptors (Lipinski definition) is 8. The molecule has 0 aromatic heterocycles. The van der Waals surface area contributed by atoms with Gasteiger partial charge in [0.15, 0.2) is 0 Å². The highest BCUT2D eigenvalue weighted by Crippen LogP contribution is 2.33. The lowest BCUT2D eigenvalue weighted by atomic mass is 10.2. The molecule has 31 heavy (non-hydrogen) atoms. The van der Waals surface area contributed by atoms with Crippen LogP contribution in [0.15, 0.2) is 47.4 Å². The normalized spacial score (nSPS) is 14.7. The van der Waals surface area contributed by atoms with Crippen LogP contribution in [0.25, 0.3) is 6.08 Å². The minimum absolute atomic E-state index is 0.00836. The molecule has 1 heterocycles. The summed E-state index contributed by atoms with van der Waals surface area (Å²) in [6, 6.07) is 10.5. The van der Waals surface area contributed by atoms with Crippen LogP contribution in [0.1, 0.15) is 12.5 Å². The van der Waals surface area contributed by atoms with E-state index in [0.717, 1.165) is 40.1 Å². The van der Waals surface area contributed by atoms with Gasteiger partial charge in [0.1, 0.15) is 22.4 Å². The average Bonchev–Trinajstić information content (AvgIpc) is 2.98. The van der Waals surface area contributed by atoms with E-state index in [4.69, 9.17) is 17.0 Å². The van der Waals surface area contributed by atoms with E-state index in [1.54, 1.807) is 18.2 Å². The average molecular weight is 460 g/mol. The number of anilines is 1. The van der Waals surface area contributed by atoms with Gasteiger partial charge in [0, 0.05) is 6.07 Å². The molecule has 160 valence electrons. The fourth-order valence-corrected chi connectivity index (χ4v) is 3.94. The molecule has 2 amide bonds. The van der Waals surface area contributed by atoms with Crippen LogP contribution in [0.3, 0.4) is 0 Å². The Hall–Kier alpha value is -3.44. The zero-order valence-electron chi connectivity index (χ0n) is 16.2. The third-order valence-electron chi connectivity index (χ3n) is 4.13. The summed E-state index contributed by atoms with van der Waals surface area (Å²) in [6.45, 7) is 2.08. The molecule has 0 bridgehead atoms. The highest BCUT2D eigenvalue weighted by atomic mass is 32.2. The number of nitro benzene ring substituents is 1. The molecule has 0 atom stereocenters. The topological polar surface area (TPSA) is 122 Å². The number of phenols is 1. The molecule has 0 radical (unpaired) electrons. The van der Waals surface area contributed by atoms with Crippen molar-refractivity contribution >= 4 is 57.6 Å². The zero-order chi connectivity index (χ0) is 22.5. The first kappa shape index (κ1) is 22.2. The molecule has 9 nitrogen and oxygen atoms in total. The maximum absolute atomic E-state index is 12.7. The molecular formula is C20H17N3O6S2. The van der Waals surface area contributed by atoms with Gasteiger partial charge in [-0.3, -0.25) is 24.6 Å². The second-order valence-corrected chi connectivity index (χ2v) is 7.95. The first-order valence-electron chi connectivity index (χ1n) is 9.04. The lowest BCUT2D eigenvalue weighted by Gasteiger charge is -2.14. The third-order valence-corrected chi connectivity index (χ3v) is 5.51. The van der Waals surface area contributed by atoms with Gasteiger partial charge in [0.05, 0.1) is 28.2 Å². The Morgan fingerprint density at radius 1 is 1.32 bits per heavy atom. The molecule has 11 heteroatoms. The van der Waals surface area contributed by atoms with Crippen molar-refractivity contribution in [3.63, 3.8) is 0 Å². The zero-order valence-corrected chi connectivity index (χ0v) is 17.9. The van der Waals surface area contributed by atoms with E-state index in [1.807, 2.05) is 19.1 Å². The number of carbonyl (C=O) groups is 2. The number of benzene rings is 2. The number of nitrogens with one attached hydrogen (secondary N) is 1. The summed E-state index contributed by atoms with van der Waals surface area (Å²) in [6.07, 6.45) is 1.68. The van der Waals surface area contributed by atoms with Crippen molar-refractivity contribution in [2.45, 2.75) is 6.92 Å². The largest absolute Gasteiger partial charge is 0.506 e. The van der Waals surface area contributed by atoms with E-state index < -0.39 is 22.5 Å². The van der Waals surface area contributed by atoms with Crippen molar-refractivity contribution in [1.29, 1.82) is 0 Å². The Morgan fingerprint density at radius 3 is 2.65 bits per heavy atom. The van der Waals surface area contributed by atoms with Crippen molar-refractivity contribution in [2.24, 2.45) is 0 Å². The van der Waals surface area contributed by atoms with Crippen molar-refractivity contribution in [2.75, 3.05) is 18.5 Å². The minimum Gasteiger partial charge on any atom is -0.506 e. The smallest absolute Gasteiger partial charge is 0.273 e. The van der Waals surface area contributed by atoms with Crippen molar-refractivity contribution in [3.8, 4) is 11.5 Å². The van der Waals surface area contributed by atoms with Crippen LogP contribution >= 0.6 is 24.0 Å². The number of hydrogen-bond donors (Lipinski definition) is 2. The molecule has 2 N–H and O–H groups in total. The van der Waals surface area contributed by atoms with Gasteiger partial charge in [0.2, 0.25) is 5.91 Å². The molecule has 2 aromatic rings. The number of rotatable bonds is 7. The number of phenolic OH excluding ortho intramolecular Hbond substituents is 1. The monoisotopic (exact) mass is 459 g/mol. The fourth-order valence-electron chi connectivity index (χ4n) is 2.69. The van der Waals surface area contributed by atoms with Gasteiger partial charge in [-0.25, -0.2) is 0 Å². The molecule has 1 saturated heterocycles. The third kappa shape index (κ3) is 5.38. The first-order valence-corrected chi connectivity index (χ1v) is 10.3. The SMILES string of the molecule is CCOc1ccc(C=C2SC(=S)N(CC(=O)Nc3ccc([N+](=O)[O-])cc3O)C2=O)cc1. The summed E-state index contributed by atoms with van der Waals surface area (Å²) in [4.78, 5) is 36.6. The Balaban J connectivity index is 1.67. The molecule has 0 aliphatic carbocycles. The molecule has 1 fully saturated rings. The van der Waals surface area contributed by atoms with Crippen LogP contribution in [0.2, 0.25) is 0 Å². The van der Waals surface area contributed by atoms with Crippen LogP contribution in [0.4, 0.5) is 11.4 Å². The highest BCUT2D eigenvalue weighted by molar-refractivity contribution is 8.26. The standard InChI is InChI=1S/C20H17N3O6S2/c1-2-29-14-6-3-12(4-7-14)9-17-19(26)22(20(30)31-17)11-18(25)21-15-8-5-13(23(27)28)10-16(15)24/h3-10,24H,2,11H2,1H3,(H,21,25). The van der Waals surface area contributed by atoms with E-state index >= 15 is 0 Å². The highest BCUT2D eigenvalue weighted by Gasteiger charge is 2.33. The number of non-ortho nitro benzene ring substituents is 1. The van der Waals surface area contributed by atoms with E-state index in [2.05, 4.69) is 5.32 Å². The second-order valence-electron chi connectivity index (χ2n) is 6.28. The Kier molecular flexibility index (Phi) is 6.88. The number of thioether (sulfide) groups is 1. The van der Waals surface area contributed by atoms with Crippen molar-refractivity contribution in [3.05, 3.63) is 63.0 Å². The first-order chi connectivity index (χ1) is 14.8. The predicted molar refractivity (Wildman–Crippen MR) is 121 cm³/mol. The van der Waals surface area contributed by atoms with Crippen LogP contribution in [-0.4, -0.2) is 44.2 Å². The molecule has 0 saturated carbocycles. The predicted octanol–water partition coefficient (Wildman–Crippen LogP) is 3.54. The van der Waals surface area contributed by atoms with Gasteiger partial charge < -0.3 is 15.2 Å². The summed E-state index contributed by atoms with van der Waals surface area (Å²) in [5.74, 6) is -0.753. The lowest BCUT2D eigenvalue weighted by molar-refractivity contribution is -0.384.